The Morgan fingerprint density at radius 1 is 1.16 bits per heavy atom. The van der Waals surface area contributed by atoms with Crippen LogP contribution in [-0.4, -0.2) is 35.8 Å². The number of hydrogen-bond acceptors (Lipinski definition) is 2. The van der Waals surface area contributed by atoms with Gasteiger partial charge in [-0.2, -0.15) is 0 Å². The lowest BCUT2D eigenvalue weighted by Crippen LogP contribution is -2.52. The lowest BCUT2D eigenvalue weighted by molar-refractivity contribution is -0.138. The van der Waals surface area contributed by atoms with Crippen LogP contribution in [0.4, 0.5) is 0 Å². The Hall–Kier alpha value is -1.84. The quantitative estimate of drug-likeness (QED) is 0.860. The summed E-state index contributed by atoms with van der Waals surface area (Å²) >= 11 is 0. The largest absolute Gasteiger partial charge is 0.344 e. The first-order valence-electron chi connectivity index (χ1n) is 9.48. The number of carbonyl (C=O) groups excluding carboxylic acids is 2. The molecule has 0 radical (unpaired) electrons. The second-order valence-electron chi connectivity index (χ2n) is 7.72. The number of aryl methyl sites for hydroxylation is 2. The monoisotopic (exact) mass is 344 g/mol. The SMILES string of the molecule is CC(=O)N[C@@H](C(=O)N1CCC(CCc2ccc(C)cc2)CC1)C(C)C. The lowest BCUT2D eigenvalue weighted by atomic mass is 9.89. The van der Waals surface area contributed by atoms with Crippen molar-refractivity contribution in [1.82, 2.24) is 10.2 Å². The fourth-order valence-corrected chi connectivity index (χ4v) is 3.50. The Labute approximate surface area is 152 Å². The average Bonchev–Trinajstić information content (AvgIpc) is 2.59. The summed E-state index contributed by atoms with van der Waals surface area (Å²) in [5, 5.41) is 2.81. The van der Waals surface area contributed by atoms with Gasteiger partial charge < -0.3 is 10.2 Å². The minimum Gasteiger partial charge on any atom is -0.344 e. The maximum atomic E-state index is 12.7. The molecule has 25 heavy (non-hydrogen) atoms. The maximum absolute atomic E-state index is 12.7. The van der Waals surface area contributed by atoms with Crippen molar-refractivity contribution in [2.45, 2.75) is 59.4 Å². The van der Waals surface area contributed by atoms with Crippen molar-refractivity contribution in [2.24, 2.45) is 11.8 Å². The van der Waals surface area contributed by atoms with E-state index < -0.39 is 6.04 Å². The van der Waals surface area contributed by atoms with E-state index >= 15 is 0 Å². The molecule has 0 aliphatic carbocycles. The minimum absolute atomic E-state index is 0.0715. The Balaban J connectivity index is 1.80. The molecule has 2 rings (SSSR count). The standard InChI is InChI=1S/C21H32N2O2/c1-15(2)20(22-17(4)24)21(25)23-13-11-19(12-14-23)10-9-18-7-5-16(3)6-8-18/h5-8,15,19-20H,9-14H2,1-4H3,(H,22,24)/t20-/m1/s1. The fourth-order valence-electron chi connectivity index (χ4n) is 3.50. The first-order chi connectivity index (χ1) is 11.9. The second-order valence-corrected chi connectivity index (χ2v) is 7.72. The third kappa shape index (κ3) is 5.87. The van der Waals surface area contributed by atoms with Crippen LogP contribution >= 0.6 is 0 Å². The Morgan fingerprint density at radius 3 is 2.28 bits per heavy atom. The van der Waals surface area contributed by atoms with Gasteiger partial charge in [0.15, 0.2) is 0 Å². The van der Waals surface area contributed by atoms with Crippen molar-refractivity contribution in [3.63, 3.8) is 0 Å². The van der Waals surface area contributed by atoms with Gasteiger partial charge in [0.2, 0.25) is 11.8 Å². The number of rotatable bonds is 6. The summed E-state index contributed by atoms with van der Waals surface area (Å²) < 4.78 is 0. The van der Waals surface area contributed by atoms with Crippen LogP contribution in [0, 0.1) is 18.8 Å². The molecule has 138 valence electrons. The molecule has 0 unspecified atom stereocenters. The Morgan fingerprint density at radius 2 is 1.76 bits per heavy atom. The number of hydrogen-bond donors (Lipinski definition) is 1. The molecular formula is C21H32N2O2. The number of piperidine rings is 1. The lowest BCUT2D eigenvalue weighted by Gasteiger charge is -2.35. The molecule has 0 aromatic heterocycles. The van der Waals surface area contributed by atoms with Crippen LogP contribution in [0.15, 0.2) is 24.3 Å². The van der Waals surface area contributed by atoms with Crippen molar-refractivity contribution in [2.75, 3.05) is 13.1 Å². The molecule has 1 heterocycles. The third-order valence-corrected chi connectivity index (χ3v) is 5.18. The van der Waals surface area contributed by atoms with Gasteiger partial charge in [-0.3, -0.25) is 9.59 Å². The molecule has 0 spiro atoms. The third-order valence-electron chi connectivity index (χ3n) is 5.18. The van der Waals surface area contributed by atoms with Gasteiger partial charge >= 0.3 is 0 Å². The summed E-state index contributed by atoms with van der Waals surface area (Å²) in [7, 11) is 0. The van der Waals surface area contributed by atoms with Crippen molar-refractivity contribution in [3.8, 4) is 0 Å². The topological polar surface area (TPSA) is 49.4 Å². The van der Waals surface area contributed by atoms with Gasteiger partial charge in [0.25, 0.3) is 0 Å². The van der Waals surface area contributed by atoms with E-state index in [1.165, 1.54) is 24.5 Å². The summed E-state index contributed by atoms with van der Waals surface area (Å²) in [6.45, 7) is 9.15. The molecule has 1 aliphatic rings. The van der Waals surface area contributed by atoms with E-state index in [1.807, 2.05) is 18.7 Å². The van der Waals surface area contributed by atoms with Gasteiger partial charge in [-0.05, 0) is 50.0 Å². The summed E-state index contributed by atoms with van der Waals surface area (Å²) in [6.07, 6.45) is 4.41. The van der Waals surface area contributed by atoms with Crippen LogP contribution in [0.5, 0.6) is 0 Å². The van der Waals surface area contributed by atoms with E-state index in [2.05, 4.69) is 36.5 Å². The van der Waals surface area contributed by atoms with Crippen molar-refractivity contribution < 1.29 is 9.59 Å². The molecule has 1 atom stereocenters. The summed E-state index contributed by atoms with van der Waals surface area (Å²) in [5.41, 5.74) is 2.70. The maximum Gasteiger partial charge on any atom is 0.245 e. The summed E-state index contributed by atoms with van der Waals surface area (Å²) in [5.74, 6) is 0.724. The zero-order valence-electron chi connectivity index (χ0n) is 16.0. The first kappa shape index (κ1) is 19.5. The van der Waals surface area contributed by atoms with Crippen LogP contribution in [0.3, 0.4) is 0 Å². The molecule has 1 saturated heterocycles. The molecule has 1 aliphatic heterocycles. The van der Waals surface area contributed by atoms with Gasteiger partial charge in [-0.25, -0.2) is 0 Å². The van der Waals surface area contributed by atoms with Crippen LogP contribution < -0.4 is 5.32 Å². The van der Waals surface area contributed by atoms with Crippen LogP contribution in [0.1, 0.15) is 51.2 Å². The molecule has 4 nitrogen and oxygen atoms in total. The van der Waals surface area contributed by atoms with E-state index in [4.69, 9.17) is 0 Å². The van der Waals surface area contributed by atoms with Crippen LogP contribution in [0.25, 0.3) is 0 Å². The normalized spacial score (nSPS) is 16.8. The zero-order chi connectivity index (χ0) is 18.4. The fraction of sp³-hybridized carbons (Fsp3) is 0.619. The number of amides is 2. The van der Waals surface area contributed by atoms with Crippen LogP contribution in [0.2, 0.25) is 0 Å². The van der Waals surface area contributed by atoms with E-state index in [9.17, 15) is 9.59 Å². The van der Waals surface area contributed by atoms with Crippen molar-refractivity contribution in [3.05, 3.63) is 35.4 Å². The molecule has 0 bridgehead atoms. The predicted molar refractivity (Wildman–Crippen MR) is 101 cm³/mol. The number of likely N-dealkylation sites (tertiary alicyclic amines) is 1. The molecule has 1 aromatic carbocycles. The van der Waals surface area contributed by atoms with E-state index in [0.29, 0.717) is 5.92 Å². The van der Waals surface area contributed by atoms with E-state index in [-0.39, 0.29) is 17.7 Å². The van der Waals surface area contributed by atoms with Gasteiger partial charge in [-0.15, -0.1) is 0 Å². The number of benzene rings is 1. The van der Waals surface area contributed by atoms with E-state index in [0.717, 1.165) is 32.4 Å². The smallest absolute Gasteiger partial charge is 0.245 e. The van der Waals surface area contributed by atoms with Crippen LogP contribution in [-0.2, 0) is 16.0 Å². The van der Waals surface area contributed by atoms with Crippen molar-refractivity contribution >= 4 is 11.8 Å². The average molecular weight is 344 g/mol. The summed E-state index contributed by atoms with van der Waals surface area (Å²) in [4.78, 5) is 26.0. The van der Waals surface area contributed by atoms with Gasteiger partial charge in [0.05, 0.1) is 0 Å². The van der Waals surface area contributed by atoms with Gasteiger partial charge in [-0.1, -0.05) is 43.7 Å². The number of nitrogens with one attached hydrogen (secondary N) is 1. The highest BCUT2D eigenvalue weighted by molar-refractivity contribution is 5.87. The van der Waals surface area contributed by atoms with E-state index in [1.54, 1.807) is 0 Å². The highest BCUT2D eigenvalue weighted by atomic mass is 16.2. The Kier molecular flexibility index (Phi) is 7.03. The molecule has 2 amide bonds. The summed E-state index contributed by atoms with van der Waals surface area (Å²) in [6, 6.07) is 8.38. The zero-order valence-corrected chi connectivity index (χ0v) is 16.0. The van der Waals surface area contributed by atoms with Crippen molar-refractivity contribution in [1.29, 1.82) is 0 Å². The predicted octanol–water partition coefficient (Wildman–Crippen LogP) is 3.33. The highest BCUT2D eigenvalue weighted by Gasteiger charge is 2.30. The molecule has 1 N–H and O–H groups in total. The number of nitrogens with zero attached hydrogens (tertiary/aromatic N) is 1. The molecule has 1 fully saturated rings. The van der Waals surface area contributed by atoms with Gasteiger partial charge in [0.1, 0.15) is 6.04 Å². The molecule has 1 aromatic rings. The first-order valence-corrected chi connectivity index (χ1v) is 9.48. The minimum atomic E-state index is -0.401. The molecule has 4 heteroatoms. The Bertz CT molecular complexity index is 572. The second kappa shape index (κ2) is 9.02. The molecule has 0 saturated carbocycles. The molecular weight excluding hydrogens is 312 g/mol. The van der Waals surface area contributed by atoms with Gasteiger partial charge in [0, 0.05) is 20.0 Å². The highest BCUT2D eigenvalue weighted by Crippen LogP contribution is 2.23. The number of carbonyl (C=O) groups is 2.